The number of hydrogen-bond acceptors (Lipinski definition) is 6. The highest BCUT2D eigenvalue weighted by molar-refractivity contribution is 6.30. The summed E-state index contributed by atoms with van der Waals surface area (Å²) in [6.45, 7) is 2.44. The number of carboxylic acid groups (broad SMARTS) is 1. The Balaban J connectivity index is 1.74. The van der Waals surface area contributed by atoms with Crippen molar-refractivity contribution in [1.29, 1.82) is 0 Å². The van der Waals surface area contributed by atoms with E-state index < -0.39 is 17.9 Å². The summed E-state index contributed by atoms with van der Waals surface area (Å²) >= 11 is 6.58. The number of aromatic nitrogens is 1. The zero-order chi connectivity index (χ0) is 24.2. The van der Waals surface area contributed by atoms with Gasteiger partial charge in [0.2, 0.25) is 5.91 Å². The van der Waals surface area contributed by atoms with Crippen molar-refractivity contribution in [2.24, 2.45) is 5.10 Å². The van der Waals surface area contributed by atoms with Gasteiger partial charge in [-0.05, 0) is 43.3 Å². The first-order chi connectivity index (χ1) is 16.4. The molecule has 0 bridgehead atoms. The molecule has 9 heteroatoms. The highest BCUT2D eigenvalue weighted by Gasteiger charge is 2.35. The van der Waals surface area contributed by atoms with Crippen LogP contribution in [-0.4, -0.2) is 46.4 Å². The molecule has 0 saturated carbocycles. The van der Waals surface area contributed by atoms with Crippen LogP contribution in [0.5, 0.6) is 11.5 Å². The maximum atomic E-state index is 13.0. The molecule has 1 amide bonds. The van der Waals surface area contributed by atoms with Gasteiger partial charge in [0.25, 0.3) is 0 Å². The monoisotopic (exact) mass is 481 g/mol. The van der Waals surface area contributed by atoms with Gasteiger partial charge in [0.05, 0.1) is 37.4 Å². The van der Waals surface area contributed by atoms with Crippen LogP contribution in [0.3, 0.4) is 0 Å². The summed E-state index contributed by atoms with van der Waals surface area (Å²) in [6, 6.07) is 14.3. The molecule has 0 spiro atoms. The van der Waals surface area contributed by atoms with Crippen LogP contribution in [0.2, 0.25) is 5.15 Å². The van der Waals surface area contributed by atoms with Gasteiger partial charge in [-0.3, -0.25) is 9.59 Å². The lowest BCUT2D eigenvalue weighted by molar-refractivity contribution is -0.141. The Bertz CT molecular complexity index is 1280. The molecule has 34 heavy (non-hydrogen) atoms. The number of carbonyl (C=O) groups is 2. The average Bonchev–Trinajstić information content (AvgIpc) is 3.28. The van der Waals surface area contributed by atoms with Crippen LogP contribution in [-0.2, 0) is 9.59 Å². The molecule has 0 radical (unpaired) electrons. The highest BCUT2D eigenvalue weighted by Crippen LogP contribution is 2.38. The zero-order valence-electron chi connectivity index (χ0n) is 18.8. The number of aliphatic carboxylic acids is 1. The molecular formula is C25H24ClN3O5. The number of pyridine rings is 1. The van der Waals surface area contributed by atoms with Crippen molar-refractivity contribution in [2.45, 2.75) is 32.2 Å². The van der Waals surface area contributed by atoms with Crippen molar-refractivity contribution < 1.29 is 24.2 Å². The third kappa shape index (κ3) is 4.97. The van der Waals surface area contributed by atoms with E-state index in [-0.39, 0.29) is 18.0 Å². The summed E-state index contributed by atoms with van der Waals surface area (Å²) in [4.78, 5) is 28.6. The van der Waals surface area contributed by atoms with Crippen LogP contribution in [0.1, 0.15) is 43.4 Å². The number of carboxylic acids is 1. The number of fused-ring (bicyclic) bond motifs is 1. The molecule has 176 valence electrons. The summed E-state index contributed by atoms with van der Waals surface area (Å²) in [7, 11) is 1.58. The topological polar surface area (TPSA) is 101 Å². The average molecular weight is 482 g/mol. The van der Waals surface area contributed by atoms with Crippen molar-refractivity contribution in [3.05, 3.63) is 64.8 Å². The van der Waals surface area contributed by atoms with Gasteiger partial charge in [0, 0.05) is 29.4 Å². The Morgan fingerprint density at radius 1 is 1.15 bits per heavy atom. The van der Waals surface area contributed by atoms with Gasteiger partial charge in [0.15, 0.2) is 0 Å². The van der Waals surface area contributed by atoms with Gasteiger partial charge in [-0.15, -0.1) is 0 Å². The number of halogens is 1. The largest absolute Gasteiger partial charge is 0.497 e. The van der Waals surface area contributed by atoms with Crippen LogP contribution in [0.15, 0.2) is 53.6 Å². The van der Waals surface area contributed by atoms with Gasteiger partial charge in [-0.25, -0.2) is 9.99 Å². The Labute approximate surface area is 201 Å². The van der Waals surface area contributed by atoms with Gasteiger partial charge < -0.3 is 14.6 Å². The minimum absolute atomic E-state index is 0.173. The van der Waals surface area contributed by atoms with E-state index in [1.807, 2.05) is 55.5 Å². The maximum Gasteiger partial charge on any atom is 0.303 e. The number of ether oxygens (including phenoxy) is 2. The standard InChI is InChI=1S/C25H24ClN3O5/c1-3-34-18-7-8-20-16(12-18)13-19(25(26)27-20)22-14-21(15-5-4-6-17(11-15)33-2)28-29(22)23(30)9-10-24(31)32/h4-8,11-13,22H,3,9-10,14H2,1-2H3,(H,31,32)/t22-/m0/s1. The first kappa shape index (κ1) is 23.5. The van der Waals surface area contributed by atoms with E-state index in [4.69, 9.17) is 26.2 Å². The van der Waals surface area contributed by atoms with E-state index in [1.54, 1.807) is 7.11 Å². The molecule has 0 saturated heterocycles. The number of hydrogen-bond donors (Lipinski definition) is 1. The molecule has 1 atom stereocenters. The molecule has 3 aromatic rings. The molecule has 4 rings (SSSR count). The number of benzene rings is 2. The van der Waals surface area contributed by atoms with E-state index >= 15 is 0 Å². The molecule has 0 unspecified atom stereocenters. The Kier molecular flexibility index (Phi) is 6.98. The number of methoxy groups -OCH3 is 1. The van der Waals surface area contributed by atoms with Crippen molar-refractivity contribution in [3.63, 3.8) is 0 Å². The quantitative estimate of drug-likeness (QED) is 0.462. The van der Waals surface area contributed by atoms with E-state index in [0.29, 0.717) is 41.3 Å². The molecular weight excluding hydrogens is 458 g/mol. The van der Waals surface area contributed by atoms with E-state index in [2.05, 4.69) is 10.1 Å². The Hall–Kier alpha value is -3.65. The van der Waals surface area contributed by atoms with Crippen molar-refractivity contribution in [3.8, 4) is 11.5 Å². The van der Waals surface area contributed by atoms with E-state index in [9.17, 15) is 9.59 Å². The maximum absolute atomic E-state index is 13.0. The Morgan fingerprint density at radius 3 is 2.71 bits per heavy atom. The molecule has 1 N–H and O–H groups in total. The molecule has 0 aliphatic carbocycles. The fourth-order valence-electron chi connectivity index (χ4n) is 3.93. The lowest BCUT2D eigenvalue weighted by Crippen LogP contribution is -2.27. The molecule has 2 aromatic carbocycles. The third-order valence-electron chi connectivity index (χ3n) is 5.56. The number of carbonyl (C=O) groups excluding carboxylic acids is 1. The number of nitrogens with zero attached hydrogens (tertiary/aromatic N) is 3. The molecule has 0 fully saturated rings. The van der Waals surface area contributed by atoms with Crippen molar-refractivity contribution in [1.82, 2.24) is 9.99 Å². The fourth-order valence-corrected chi connectivity index (χ4v) is 4.20. The molecule has 2 heterocycles. The van der Waals surface area contributed by atoms with Crippen LogP contribution in [0.25, 0.3) is 10.9 Å². The minimum atomic E-state index is -1.05. The van der Waals surface area contributed by atoms with Gasteiger partial charge >= 0.3 is 5.97 Å². The van der Waals surface area contributed by atoms with E-state index in [1.165, 1.54) is 5.01 Å². The van der Waals surface area contributed by atoms with Crippen molar-refractivity contribution in [2.75, 3.05) is 13.7 Å². The van der Waals surface area contributed by atoms with Crippen LogP contribution in [0.4, 0.5) is 0 Å². The predicted octanol–water partition coefficient (Wildman–Crippen LogP) is 4.84. The minimum Gasteiger partial charge on any atom is -0.497 e. The summed E-state index contributed by atoms with van der Waals surface area (Å²) < 4.78 is 10.9. The summed E-state index contributed by atoms with van der Waals surface area (Å²) in [5.74, 6) is -0.0695. The second-order valence-corrected chi connectivity index (χ2v) is 8.14. The first-order valence-electron chi connectivity index (χ1n) is 10.9. The second-order valence-electron chi connectivity index (χ2n) is 7.79. The SMILES string of the molecule is CCOc1ccc2nc(Cl)c([C@@H]3CC(c4cccc(OC)c4)=NN3C(=O)CCC(=O)O)cc2c1. The smallest absolute Gasteiger partial charge is 0.303 e. The van der Waals surface area contributed by atoms with Crippen LogP contribution >= 0.6 is 11.6 Å². The lowest BCUT2D eigenvalue weighted by Gasteiger charge is -2.23. The number of rotatable bonds is 8. The number of hydrazone groups is 1. The summed E-state index contributed by atoms with van der Waals surface area (Å²) in [6.07, 6.45) is -0.0641. The summed E-state index contributed by atoms with van der Waals surface area (Å²) in [5.41, 5.74) is 2.81. The van der Waals surface area contributed by atoms with Crippen molar-refractivity contribution >= 4 is 40.1 Å². The zero-order valence-corrected chi connectivity index (χ0v) is 19.6. The third-order valence-corrected chi connectivity index (χ3v) is 5.86. The van der Waals surface area contributed by atoms with Crippen LogP contribution in [0, 0.1) is 0 Å². The van der Waals surface area contributed by atoms with Gasteiger partial charge in [0.1, 0.15) is 16.7 Å². The lowest BCUT2D eigenvalue weighted by atomic mass is 9.98. The second kappa shape index (κ2) is 10.1. The number of amides is 1. The fraction of sp³-hybridized carbons (Fsp3) is 0.280. The molecule has 8 nitrogen and oxygen atoms in total. The van der Waals surface area contributed by atoms with E-state index in [0.717, 1.165) is 10.9 Å². The summed E-state index contributed by atoms with van der Waals surface area (Å²) in [5, 5.41) is 16.0. The van der Waals surface area contributed by atoms with Gasteiger partial charge in [-0.1, -0.05) is 23.7 Å². The normalized spacial score (nSPS) is 15.3. The van der Waals surface area contributed by atoms with Crippen LogP contribution < -0.4 is 9.47 Å². The van der Waals surface area contributed by atoms with Gasteiger partial charge in [-0.2, -0.15) is 5.10 Å². The first-order valence-corrected chi connectivity index (χ1v) is 11.3. The molecule has 1 aromatic heterocycles. The molecule has 1 aliphatic rings. The predicted molar refractivity (Wildman–Crippen MR) is 129 cm³/mol. The Morgan fingerprint density at radius 2 is 1.97 bits per heavy atom. The molecule has 1 aliphatic heterocycles. The highest BCUT2D eigenvalue weighted by atomic mass is 35.5.